The molecule has 3 rings (SSSR count). The van der Waals surface area contributed by atoms with Gasteiger partial charge in [0, 0.05) is 13.0 Å². The van der Waals surface area contributed by atoms with Crippen molar-refractivity contribution in [3.8, 4) is 0 Å². The van der Waals surface area contributed by atoms with Crippen molar-refractivity contribution >= 4 is 29.5 Å². The summed E-state index contributed by atoms with van der Waals surface area (Å²) in [5, 5.41) is 10.0. The minimum atomic E-state index is -0.383. The normalized spacial score (nSPS) is 18.4. The Morgan fingerprint density at radius 1 is 1.44 bits per heavy atom. The summed E-state index contributed by atoms with van der Waals surface area (Å²) in [5.41, 5.74) is 1.06. The molecule has 2 unspecified atom stereocenters. The average molecular weight is 359 g/mol. The second-order valence-corrected chi connectivity index (χ2v) is 7.15. The van der Waals surface area contributed by atoms with E-state index in [1.54, 1.807) is 4.90 Å². The molecule has 2 amide bonds. The maximum atomic E-state index is 12.4. The molecule has 1 aromatic heterocycles. The zero-order valence-corrected chi connectivity index (χ0v) is 15.0. The number of hydrogen-bond donors (Lipinski definition) is 2. The number of nitrogens with one attached hydrogen (secondary N) is 2. The van der Waals surface area contributed by atoms with E-state index in [1.165, 1.54) is 11.8 Å². The average Bonchev–Trinajstić information content (AvgIpc) is 3.22. The number of aromatic nitrogens is 3. The first-order valence-electron chi connectivity index (χ1n) is 8.29. The minimum absolute atomic E-state index is 0.00343. The van der Waals surface area contributed by atoms with Crippen LogP contribution >= 0.6 is 11.8 Å². The molecule has 1 saturated heterocycles. The lowest BCUT2D eigenvalue weighted by molar-refractivity contribution is -0.129. The van der Waals surface area contributed by atoms with Crippen molar-refractivity contribution in [1.29, 1.82) is 0 Å². The zero-order valence-electron chi connectivity index (χ0n) is 14.2. The summed E-state index contributed by atoms with van der Waals surface area (Å²) in [6, 6.07) is 9.78. The lowest BCUT2D eigenvalue weighted by Crippen LogP contribution is -2.30. The fraction of sp³-hybridized carbons (Fsp3) is 0.412. The van der Waals surface area contributed by atoms with E-state index in [0.717, 1.165) is 11.3 Å². The van der Waals surface area contributed by atoms with Gasteiger partial charge in [-0.3, -0.25) is 14.9 Å². The van der Waals surface area contributed by atoms with Crippen molar-refractivity contribution < 1.29 is 9.59 Å². The number of hydrogen-bond acceptors (Lipinski definition) is 5. The number of amides is 2. The molecule has 0 aliphatic carbocycles. The fourth-order valence-corrected chi connectivity index (χ4v) is 3.43. The zero-order chi connectivity index (χ0) is 17.8. The number of carbonyl (C=O) groups is 2. The summed E-state index contributed by atoms with van der Waals surface area (Å²) in [6.45, 7) is 4.40. The first-order chi connectivity index (χ1) is 12.1. The molecule has 8 heteroatoms. The van der Waals surface area contributed by atoms with Crippen LogP contribution in [0, 0.1) is 5.92 Å². The number of rotatable bonds is 6. The molecule has 25 heavy (non-hydrogen) atoms. The van der Waals surface area contributed by atoms with Crippen molar-refractivity contribution in [2.24, 2.45) is 5.92 Å². The molecule has 132 valence electrons. The van der Waals surface area contributed by atoms with Crippen molar-refractivity contribution in [2.45, 2.75) is 31.5 Å². The van der Waals surface area contributed by atoms with Crippen molar-refractivity contribution in [2.75, 3.05) is 17.6 Å². The largest absolute Gasteiger partial charge is 0.335 e. The van der Waals surface area contributed by atoms with Crippen molar-refractivity contribution in [1.82, 2.24) is 20.1 Å². The predicted molar refractivity (Wildman–Crippen MR) is 96.1 cm³/mol. The SMILES string of the molecule is CCSc1n[nH]c(NC(=O)C2CC(=O)N(C(C)c3ccccc3)C2)n1. The molecule has 1 aliphatic rings. The molecule has 0 spiro atoms. The summed E-state index contributed by atoms with van der Waals surface area (Å²) >= 11 is 1.49. The van der Waals surface area contributed by atoms with Crippen LogP contribution in [0.1, 0.15) is 31.9 Å². The van der Waals surface area contributed by atoms with E-state index in [-0.39, 0.29) is 30.2 Å². The number of thioether (sulfide) groups is 1. The minimum Gasteiger partial charge on any atom is -0.335 e. The van der Waals surface area contributed by atoms with Crippen LogP contribution in [-0.4, -0.2) is 44.2 Å². The van der Waals surface area contributed by atoms with E-state index >= 15 is 0 Å². The monoisotopic (exact) mass is 359 g/mol. The molecule has 2 N–H and O–H groups in total. The third-order valence-electron chi connectivity index (χ3n) is 4.26. The van der Waals surface area contributed by atoms with Crippen LogP contribution in [0.4, 0.5) is 5.95 Å². The third-order valence-corrected chi connectivity index (χ3v) is 4.99. The fourth-order valence-electron chi connectivity index (χ4n) is 2.91. The summed E-state index contributed by atoms with van der Waals surface area (Å²) in [4.78, 5) is 30.8. The van der Waals surface area contributed by atoms with Gasteiger partial charge in [-0.05, 0) is 18.2 Å². The maximum absolute atomic E-state index is 12.4. The van der Waals surface area contributed by atoms with Gasteiger partial charge in [0.25, 0.3) is 0 Å². The number of likely N-dealkylation sites (tertiary alicyclic amines) is 1. The van der Waals surface area contributed by atoms with Crippen LogP contribution < -0.4 is 5.32 Å². The summed E-state index contributed by atoms with van der Waals surface area (Å²) in [5.74, 6) is 0.583. The lowest BCUT2D eigenvalue weighted by atomic mass is 10.1. The Bertz CT molecular complexity index is 749. The molecule has 0 radical (unpaired) electrons. The number of aromatic amines is 1. The van der Waals surface area contributed by atoms with Gasteiger partial charge in [-0.15, -0.1) is 5.10 Å². The van der Waals surface area contributed by atoms with Crippen LogP contribution in [0.25, 0.3) is 0 Å². The summed E-state index contributed by atoms with van der Waals surface area (Å²) < 4.78 is 0. The van der Waals surface area contributed by atoms with Crippen LogP contribution in [-0.2, 0) is 9.59 Å². The third kappa shape index (κ3) is 4.01. The van der Waals surface area contributed by atoms with Gasteiger partial charge in [-0.2, -0.15) is 4.98 Å². The number of nitrogens with zero attached hydrogens (tertiary/aromatic N) is 3. The van der Waals surface area contributed by atoms with Gasteiger partial charge in [0.05, 0.1) is 12.0 Å². The van der Waals surface area contributed by atoms with Crippen LogP contribution in [0.5, 0.6) is 0 Å². The Labute approximate surface area is 150 Å². The van der Waals surface area contributed by atoms with E-state index in [0.29, 0.717) is 17.6 Å². The first-order valence-corrected chi connectivity index (χ1v) is 9.27. The summed E-state index contributed by atoms with van der Waals surface area (Å²) in [7, 11) is 0. The highest BCUT2D eigenvalue weighted by Gasteiger charge is 2.37. The molecule has 1 aromatic carbocycles. The molecule has 7 nitrogen and oxygen atoms in total. The second-order valence-electron chi connectivity index (χ2n) is 5.92. The lowest BCUT2D eigenvalue weighted by Gasteiger charge is -2.25. The van der Waals surface area contributed by atoms with E-state index in [2.05, 4.69) is 20.5 Å². The second kappa shape index (κ2) is 7.69. The quantitative estimate of drug-likeness (QED) is 0.773. The topological polar surface area (TPSA) is 91.0 Å². The van der Waals surface area contributed by atoms with Gasteiger partial charge in [0.15, 0.2) is 0 Å². The summed E-state index contributed by atoms with van der Waals surface area (Å²) in [6.07, 6.45) is 0.216. The Morgan fingerprint density at radius 3 is 2.92 bits per heavy atom. The number of H-pyrrole nitrogens is 1. The van der Waals surface area contributed by atoms with Crippen LogP contribution in [0.2, 0.25) is 0 Å². The van der Waals surface area contributed by atoms with E-state index in [1.807, 2.05) is 44.2 Å². The van der Waals surface area contributed by atoms with Gasteiger partial charge >= 0.3 is 0 Å². The molecule has 0 bridgehead atoms. The Kier molecular flexibility index (Phi) is 5.37. The standard InChI is InChI=1S/C17H21N5O2S/c1-3-25-17-19-16(20-21-17)18-15(24)13-9-14(23)22(10-13)11(2)12-7-5-4-6-8-12/h4-8,11,13H,3,9-10H2,1-2H3,(H2,18,19,20,21,24). The van der Waals surface area contributed by atoms with Gasteiger partial charge < -0.3 is 4.90 Å². The Balaban J connectivity index is 1.62. The maximum Gasteiger partial charge on any atom is 0.232 e. The molecule has 2 aromatic rings. The Morgan fingerprint density at radius 2 is 2.20 bits per heavy atom. The highest BCUT2D eigenvalue weighted by atomic mass is 32.2. The van der Waals surface area contributed by atoms with Crippen molar-refractivity contribution in [3.05, 3.63) is 35.9 Å². The number of benzene rings is 1. The molecule has 1 fully saturated rings. The predicted octanol–water partition coefficient (Wildman–Crippen LogP) is 2.46. The van der Waals surface area contributed by atoms with E-state index in [9.17, 15) is 9.59 Å². The molecule has 0 saturated carbocycles. The smallest absolute Gasteiger partial charge is 0.232 e. The highest BCUT2D eigenvalue weighted by Crippen LogP contribution is 2.29. The van der Waals surface area contributed by atoms with E-state index in [4.69, 9.17) is 0 Å². The van der Waals surface area contributed by atoms with Crippen molar-refractivity contribution in [3.63, 3.8) is 0 Å². The van der Waals surface area contributed by atoms with E-state index < -0.39 is 0 Å². The highest BCUT2D eigenvalue weighted by molar-refractivity contribution is 7.99. The van der Waals surface area contributed by atoms with Gasteiger partial charge in [0.1, 0.15) is 0 Å². The van der Waals surface area contributed by atoms with Gasteiger partial charge in [0.2, 0.25) is 22.9 Å². The molecule has 1 aliphatic heterocycles. The molecule has 2 heterocycles. The van der Waals surface area contributed by atoms with Crippen LogP contribution in [0.3, 0.4) is 0 Å². The molecule has 2 atom stereocenters. The van der Waals surface area contributed by atoms with Gasteiger partial charge in [-0.25, -0.2) is 5.10 Å². The molecular formula is C17H21N5O2S. The first kappa shape index (κ1) is 17.5. The molecular weight excluding hydrogens is 338 g/mol. The Hall–Kier alpha value is -2.35. The van der Waals surface area contributed by atoms with Crippen LogP contribution in [0.15, 0.2) is 35.5 Å². The van der Waals surface area contributed by atoms with Gasteiger partial charge in [-0.1, -0.05) is 49.0 Å². The number of carbonyl (C=O) groups excluding carboxylic acids is 2. The number of anilines is 1.